The van der Waals surface area contributed by atoms with E-state index < -0.39 is 34.7 Å². The molecule has 2 aromatic heterocycles. The van der Waals surface area contributed by atoms with Crippen LogP contribution in [0, 0.1) is 0 Å². The number of furan rings is 1. The molecule has 0 aliphatic carbocycles. The van der Waals surface area contributed by atoms with Crippen LogP contribution in [0.4, 0.5) is 13.2 Å². The third kappa shape index (κ3) is 4.02. The Morgan fingerprint density at radius 2 is 1.75 bits per heavy atom. The van der Waals surface area contributed by atoms with E-state index in [4.69, 9.17) is 23.0 Å². The standard InChI is InChI=1S/C22H13F3O7/c1-28-14-5-2-3-6-15(14)31-19-18(26)13-9-8-12(30-21(27)16-7-4-10-29-16)11-17(13)32-20(19)22(23,24)25/h2-11H,1H3. The second-order valence-corrected chi connectivity index (χ2v) is 6.36. The molecule has 0 bridgehead atoms. The Labute approximate surface area is 177 Å². The molecule has 4 aromatic rings. The van der Waals surface area contributed by atoms with Gasteiger partial charge in [0.05, 0.1) is 18.8 Å². The largest absolute Gasteiger partial charge is 0.493 e. The van der Waals surface area contributed by atoms with Gasteiger partial charge in [0.2, 0.25) is 16.9 Å². The van der Waals surface area contributed by atoms with Crippen LogP contribution >= 0.6 is 0 Å². The van der Waals surface area contributed by atoms with E-state index in [0.29, 0.717) is 0 Å². The van der Waals surface area contributed by atoms with E-state index in [1.54, 1.807) is 6.07 Å². The van der Waals surface area contributed by atoms with Gasteiger partial charge in [-0.1, -0.05) is 12.1 Å². The van der Waals surface area contributed by atoms with Gasteiger partial charge in [-0.3, -0.25) is 4.79 Å². The summed E-state index contributed by atoms with van der Waals surface area (Å²) in [5.41, 5.74) is -1.51. The maximum atomic E-state index is 13.7. The first kappa shape index (κ1) is 21.0. The quantitative estimate of drug-likeness (QED) is 0.299. The van der Waals surface area contributed by atoms with Gasteiger partial charge in [-0.2, -0.15) is 13.2 Å². The van der Waals surface area contributed by atoms with Crippen LogP contribution in [0.15, 0.2) is 74.5 Å². The fourth-order valence-corrected chi connectivity index (χ4v) is 2.86. The number of hydrogen-bond acceptors (Lipinski definition) is 7. The molecule has 164 valence electrons. The number of esters is 1. The first-order chi connectivity index (χ1) is 15.3. The van der Waals surface area contributed by atoms with Crippen molar-refractivity contribution in [2.75, 3.05) is 7.11 Å². The Hall–Kier alpha value is -4.21. The molecular weight excluding hydrogens is 433 g/mol. The molecule has 0 radical (unpaired) electrons. The van der Waals surface area contributed by atoms with Gasteiger partial charge < -0.3 is 23.0 Å². The Bertz CT molecular complexity index is 1340. The summed E-state index contributed by atoms with van der Waals surface area (Å²) >= 11 is 0. The molecule has 32 heavy (non-hydrogen) atoms. The van der Waals surface area contributed by atoms with Crippen molar-refractivity contribution in [2.45, 2.75) is 6.18 Å². The van der Waals surface area contributed by atoms with E-state index in [1.807, 2.05) is 0 Å². The summed E-state index contributed by atoms with van der Waals surface area (Å²) in [6.07, 6.45) is -3.79. The molecule has 0 amide bonds. The Morgan fingerprint density at radius 3 is 2.41 bits per heavy atom. The number of benzene rings is 2. The molecule has 0 N–H and O–H groups in total. The molecule has 0 unspecified atom stereocenters. The summed E-state index contributed by atoms with van der Waals surface area (Å²) in [5, 5.41) is -0.208. The first-order valence-electron chi connectivity index (χ1n) is 9.02. The van der Waals surface area contributed by atoms with Gasteiger partial charge >= 0.3 is 12.1 Å². The predicted molar refractivity (Wildman–Crippen MR) is 104 cm³/mol. The van der Waals surface area contributed by atoms with Gasteiger partial charge in [-0.15, -0.1) is 0 Å². The highest BCUT2D eigenvalue weighted by Gasteiger charge is 2.40. The van der Waals surface area contributed by atoms with E-state index in [2.05, 4.69) is 0 Å². The van der Waals surface area contributed by atoms with E-state index in [9.17, 15) is 22.8 Å². The van der Waals surface area contributed by atoms with Crippen LogP contribution in [-0.2, 0) is 6.18 Å². The van der Waals surface area contributed by atoms with Crippen LogP contribution in [0.2, 0.25) is 0 Å². The molecule has 0 atom stereocenters. The average Bonchev–Trinajstić information content (AvgIpc) is 3.30. The number of carbonyl (C=O) groups excluding carboxylic acids is 1. The van der Waals surface area contributed by atoms with Crippen LogP contribution in [0.25, 0.3) is 11.0 Å². The van der Waals surface area contributed by atoms with E-state index in [-0.39, 0.29) is 28.4 Å². The highest BCUT2D eigenvalue weighted by atomic mass is 19.4. The van der Waals surface area contributed by atoms with Crippen molar-refractivity contribution in [3.8, 4) is 23.0 Å². The number of para-hydroxylation sites is 2. The normalized spacial score (nSPS) is 11.4. The molecule has 0 saturated heterocycles. The van der Waals surface area contributed by atoms with Crippen LogP contribution in [0.3, 0.4) is 0 Å². The van der Waals surface area contributed by atoms with Crippen molar-refractivity contribution < 1.29 is 41.0 Å². The maximum Gasteiger partial charge on any atom is 0.453 e. The smallest absolute Gasteiger partial charge is 0.453 e. The van der Waals surface area contributed by atoms with E-state index in [0.717, 1.165) is 6.07 Å². The lowest BCUT2D eigenvalue weighted by Gasteiger charge is -2.15. The summed E-state index contributed by atoms with van der Waals surface area (Å²) in [6, 6.07) is 12.1. The molecular formula is C22H13F3O7. The fraction of sp³-hybridized carbons (Fsp3) is 0.0909. The molecule has 2 aromatic carbocycles. The number of methoxy groups -OCH3 is 1. The number of rotatable bonds is 5. The molecule has 0 saturated carbocycles. The van der Waals surface area contributed by atoms with Crippen molar-refractivity contribution >= 4 is 16.9 Å². The predicted octanol–water partition coefficient (Wildman–Crippen LogP) is 5.42. The van der Waals surface area contributed by atoms with Crippen LogP contribution < -0.4 is 19.6 Å². The number of fused-ring (bicyclic) bond motifs is 1. The zero-order chi connectivity index (χ0) is 22.9. The Kier molecular flexibility index (Phi) is 5.35. The number of alkyl halides is 3. The minimum atomic E-state index is -5.05. The van der Waals surface area contributed by atoms with Crippen LogP contribution in [0.5, 0.6) is 23.0 Å². The van der Waals surface area contributed by atoms with Gasteiger partial charge in [0.1, 0.15) is 11.3 Å². The van der Waals surface area contributed by atoms with E-state index >= 15 is 0 Å². The van der Waals surface area contributed by atoms with Gasteiger partial charge in [0.15, 0.2) is 11.5 Å². The van der Waals surface area contributed by atoms with Gasteiger partial charge in [0.25, 0.3) is 5.76 Å². The van der Waals surface area contributed by atoms with Gasteiger partial charge in [0, 0.05) is 6.07 Å². The SMILES string of the molecule is COc1ccccc1Oc1c(C(F)(F)F)oc2cc(OC(=O)c3ccco3)ccc2c1=O. The monoisotopic (exact) mass is 446 g/mol. The Balaban J connectivity index is 1.80. The van der Waals surface area contributed by atoms with Crippen molar-refractivity contribution in [1.29, 1.82) is 0 Å². The van der Waals surface area contributed by atoms with E-state index in [1.165, 1.54) is 55.8 Å². The summed E-state index contributed by atoms with van der Waals surface area (Å²) in [7, 11) is 1.31. The van der Waals surface area contributed by atoms with Crippen molar-refractivity contribution in [1.82, 2.24) is 0 Å². The number of ether oxygens (including phenoxy) is 3. The van der Waals surface area contributed by atoms with Gasteiger partial charge in [-0.05, 0) is 36.4 Å². The zero-order valence-corrected chi connectivity index (χ0v) is 16.3. The number of hydrogen-bond donors (Lipinski definition) is 0. The number of halogens is 3. The van der Waals surface area contributed by atoms with Crippen molar-refractivity contribution in [3.63, 3.8) is 0 Å². The summed E-state index contributed by atoms with van der Waals surface area (Å²) in [6.45, 7) is 0. The molecule has 4 rings (SSSR count). The third-order valence-corrected chi connectivity index (χ3v) is 4.29. The molecule has 10 heteroatoms. The minimum absolute atomic E-state index is 0.101. The molecule has 2 heterocycles. The van der Waals surface area contributed by atoms with Gasteiger partial charge in [-0.25, -0.2) is 4.79 Å². The minimum Gasteiger partial charge on any atom is -0.493 e. The molecule has 0 fully saturated rings. The lowest BCUT2D eigenvalue weighted by Crippen LogP contribution is -2.16. The highest BCUT2D eigenvalue weighted by molar-refractivity contribution is 5.89. The molecule has 7 nitrogen and oxygen atoms in total. The zero-order valence-electron chi connectivity index (χ0n) is 16.3. The maximum absolute atomic E-state index is 13.7. The average molecular weight is 446 g/mol. The summed E-state index contributed by atoms with van der Waals surface area (Å²) in [5.74, 6) is -3.79. The molecule has 0 aliphatic heterocycles. The summed E-state index contributed by atoms with van der Waals surface area (Å²) in [4.78, 5) is 24.9. The highest BCUT2D eigenvalue weighted by Crippen LogP contribution is 2.40. The topological polar surface area (TPSA) is 88.1 Å². The fourth-order valence-electron chi connectivity index (χ4n) is 2.86. The lowest BCUT2D eigenvalue weighted by molar-refractivity contribution is -0.154. The number of carbonyl (C=O) groups is 1. The third-order valence-electron chi connectivity index (χ3n) is 4.29. The second kappa shape index (κ2) is 8.14. The first-order valence-corrected chi connectivity index (χ1v) is 9.02. The molecule has 0 spiro atoms. The van der Waals surface area contributed by atoms with Crippen LogP contribution in [0.1, 0.15) is 16.3 Å². The lowest BCUT2D eigenvalue weighted by atomic mass is 10.2. The van der Waals surface area contributed by atoms with Crippen LogP contribution in [-0.4, -0.2) is 13.1 Å². The summed E-state index contributed by atoms with van der Waals surface area (Å²) < 4.78 is 66.4. The van der Waals surface area contributed by atoms with Crippen molar-refractivity contribution in [3.05, 3.63) is 82.6 Å². The molecule has 0 aliphatic rings. The Morgan fingerprint density at radius 1 is 1.00 bits per heavy atom. The second-order valence-electron chi connectivity index (χ2n) is 6.36. The van der Waals surface area contributed by atoms with Crippen molar-refractivity contribution in [2.24, 2.45) is 0 Å².